The Morgan fingerprint density at radius 2 is 1.87 bits per heavy atom. The number of halogens is 1. The highest BCUT2D eigenvalue weighted by Gasteiger charge is 2.12. The van der Waals surface area contributed by atoms with E-state index in [2.05, 4.69) is 15.3 Å². The Balaban J connectivity index is 1.32. The zero-order chi connectivity index (χ0) is 21.8. The Morgan fingerprint density at radius 3 is 2.68 bits per heavy atom. The number of carbonyl (C=O) groups is 2. The zero-order valence-corrected chi connectivity index (χ0v) is 18.2. The number of hydrogen-bond acceptors (Lipinski definition) is 6. The topological polar surface area (TPSA) is 81.2 Å². The molecule has 8 heteroatoms. The van der Waals surface area contributed by atoms with Gasteiger partial charge >= 0.3 is 5.97 Å². The van der Waals surface area contributed by atoms with E-state index in [1.165, 1.54) is 11.3 Å². The normalized spacial score (nSPS) is 10.8. The minimum absolute atomic E-state index is 0.0336. The maximum Gasteiger partial charge on any atom is 0.338 e. The second kappa shape index (κ2) is 9.24. The average Bonchev–Trinajstić information content (AvgIpc) is 3.20. The molecule has 2 aromatic carbocycles. The Labute approximate surface area is 187 Å². The first-order valence-corrected chi connectivity index (χ1v) is 10.8. The molecule has 0 saturated carbocycles. The Morgan fingerprint density at radius 1 is 1.06 bits per heavy atom. The number of anilines is 1. The number of aryl methyl sites for hydroxylation is 1. The van der Waals surface area contributed by atoms with Crippen LogP contribution >= 0.6 is 22.9 Å². The second-order valence-corrected chi connectivity index (χ2v) is 8.27. The molecule has 156 valence electrons. The summed E-state index contributed by atoms with van der Waals surface area (Å²) in [7, 11) is 0. The highest BCUT2D eigenvalue weighted by molar-refractivity contribution is 7.09. The lowest BCUT2D eigenvalue weighted by atomic mass is 10.1. The lowest BCUT2D eigenvalue weighted by molar-refractivity contribution is -0.115. The van der Waals surface area contributed by atoms with Gasteiger partial charge in [-0.25, -0.2) is 14.8 Å². The summed E-state index contributed by atoms with van der Waals surface area (Å²) >= 11 is 7.24. The molecular weight excluding hydrogens is 434 g/mol. The summed E-state index contributed by atoms with van der Waals surface area (Å²) < 4.78 is 5.37. The molecular formula is C23H18ClN3O3S. The number of hydrogen-bond donors (Lipinski definition) is 1. The van der Waals surface area contributed by atoms with Crippen LogP contribution in [0.4, 0.5) is 5.69 Å². The molecule has 1 N–H and O–H groups in total. The quantitative estimate of drug-likeness (QED) is 0.322. The first kappa shape index (κ1) is 21.0. The molecule has 0 spiro atoms. The number of carbonyl (C=O) groups excluding carboxylic acids is 2. The second-order valence-electron chi connectivity index (χ2n) is 6.94. The van der Waals surface area contributed by atoms with Gasteiger partial charge in [0.05, 0.1) is 23.2 Å². The van der Waals surface area contributed by atoms with E-state index in [-0.39, 0.29) is 18.9 Å². The van der Waals surface area contributed by atoms with E-state index in [1.807, 2.05) is 31.2 Å². The number of thiazole rings is 1. The minimum Gasteiger partial charge on any atom is -0.456 e. The summed E-state index contributed by atoms with van der Waals surface area (Å²) in [5, 5.41) is 6.49. The van der Waals surface area contributed by atoms with Crippen molar-refractivity contribution in [3.63, 3.8) is 0 Å². The molecule has 0 aliphatic heterocycles. The van der Waals surface area contributed by atoms with Crippen LogP contribution in [0.3, 0.4) is 0 Å². The zero-order valence-electron chi connectivity index (χ0n) is 16.6. The minimum atomic E-state index is -0.455. The highest BCUT2D eigenvalue weighted by atomic mass is 35.5. The third-order valence-corrected chi connectivity index (χ3v) is 5.60. The van der Waals surface area contributed by atoms with Crippen molar-refractivity contribution in [2.75, 3.05) is 5.32 Å². The SMILES string of the molecule is Cc1ccc(NC(=O)Cc2nc(COC(=O)c3ccc4nc(Cl)ccc4c3)cs2)cc1. The van der Waals surface area contributed by atoms with Crippen LogP contribution in [0.5, 0.6) is 0 Å². The Kier molecular flexibility index (Phi) is 6.25. The average molecular weight is 452 g/mol. The number of rotatable bonds is 6. The number of esters is 1. The molecule has 0 aliphatic rings. The van der Waals surface area contributed by atoms with Crippen LogP contribution in [0.1, 0.15) is 26.6 Å². The van der Waals surface area contributed by atoms with Gasteiger partial charge in [0.25, 0.3) is 0 Å². The van der Waals surface area contributed by atoms with Gasteiger partial charge in [0.15, 0.2) is 0 Å². The molecule has 0 fully saturated rings. The lowest BCUT2D eigenvalue weighted by Gasteiger charge is -2.05. The predicted octanol–water partition coefficient (Wildman–Crippen LogP) is 5.19. The molecule has 0 unspecified atom stereocenters. The van der Waals surface area contributed by atoms with Crippen molar-refractivity contribution in [3.8, 4) is 0 Å². The van der Waals surface area contributed by atoms with Gasteiger partial charge in [0.1, 0.15) is 16.8 Å². The van der Waals surface area contributed by atoms with Crippen LogP contribution in [0.2, 0.25) is 5.15 Å². The van der Waals surface area contributed by atoms with Crippen molar-refractivity contribution < 1.29 is 14.3 Å². The first-order valence-electron chi connectivity index (χ1n) is 9.49. The van der Waals surface area contributed by atoms with Crippen LogP contribution < -0.4 is 5.32 Å². The molecule has 4 aromatic rings. The van der Waals surface area contributed by atoms with Gasteiger partial charge in [0, 0.05) is 16.5 Å². The van der Waals surface area contributed by atoms with Crippen LogP contribution in [0.15, 0.2) is 60.0 Å². The fraction of sp³-hybridized carbons (Fsp3) is 0.130. The summed E-state index contributed by atoms with van der Waals surface area (Å²) in [4.78, 5) is 33.2. The summed E-state index contributed by atoms with van der Waals surface area (Å²) in [5.74, 6) is -0.602. The van der Waals surface area contributed by atoms with Crippen molar-refractivity contribution in [3.05, 3.63) is 87.0 Å². The van der Waals surface area contributed by atoms with Crippen molar-refractivity contribution in [2.45, 2.75) is 20.0 Å². The number of nitrogens with one attached hydrogen (secondary N) is 1. The van der Waals surface area contributed by atoms with Gasteiger partial charge in [-0.1, -0.05) is 29.3 Å². The van der Waals surface area contributed by atoms with E-state index in [0.717, 1.165) is 16.6 Å². The monoisotopic (exact) mass is 451 g/mol. The third kappa shape index (κ3) is 5.45. The number of aromatic nitrogens is 2. The Bertz CT molecular complexity index is 1250. The molecule has 0 aliphatic carbocycles. The smallest absolute Gasteiger partial charge is 0.338 e. The molecule has 2 aromatic heterocycles. The summed E-state index contributed by atoms with van der Waals surface area (Å²) in [6.45, 7) is 2.02. The molecule has 0 bridgehead atoms. The first-order chi connectivity index (χ1) is 15.0. The molecule has 31 heavy (non-hydrogen) atoms. The molecule has 1 amide bonds. The third-order valence-electron chi connectivity index (χ3n) is 4.49. The van der Waals surface area contributed by atoms with Gasteiger partial charge in [-0.2, -0.15) is 0 Å². The van der Waals surface area contributed by atoms with Gasteiger partial charge in [-0.15, -0.1) is 11.3 Å². The fourth-order valence-corrected chi connectivity index (χ4v) is 3.86. The number of fused-ring (bicyclic) bond motifs is 1. The number of ether oxygens (including phenoxy) is 1. The summed E-state index contributed by atoms with van der Waals surface area (Å²) in [6.07, 6.45) is 0.159. The molecule has 6 nitrogen and oxygen atoms in total. The number of nitrogens with zero attached hydrogens (tertiary/aromatic N) is 2. The molecule has 0 saturated heterocycles. The predicted molar refractivity (Wildman–Crippen MR) is 121 cm³/mol. The van der Waals surface area contributed by atoms with Crippen molar-refractivity contribution >= 4 is 51.4 Å². The maximum absolute atomic E-state index is 12.4. The molecule has 0 radical (unpaired) electrons. The highest BCUT2D eigenvalue weighted by Crippen LogP contribution is 2.19. The summed E-state index contributed by atoms with van der Waals surface area (Å²) in [5.41, 5.74) is 3.60. The van der Waals surface area contributed by atoms with Crippen molar-refractivity contribution in [1.82, 2.24) is 9.97 Å². The van der Waals surface area contributed by atoms with E-state index in [1.54, 1.807) is 35.7 Å². The number of pyridine rings is 1. The number of benzene rings is 2. The van der Waals surface area contributed by atoms with Crippen LogP contribution in [0, 0.1) is 6.92 Å². The maximum atomic E-state index is 12.4. The Hall–Kier alpha value is -3.29. The largest absolute Gasteiger partial charge is 0.456 e. The van der Waals surface area contributed by atoms with E-state index in [4.69, 9.17) is 16.3 Å². The summed E-state index contributed by atoms with van der Waals surface area (Å²) in [6, 6.07) is 16.2. The van der Waals surface area contributed by atoms with Crippen LogP contribution in [-0.2, 0) is 22.6 Å². The van der Waals surface area contributed by atoms with Gasteiger partial charge < -0.3 is 10.1 Å². The molecule has 0 atom stereocenters. The van der Waals surface area contributed by atoms with E-state index in [0.29, 0.717) is 26.9 Å². The van der Waals surface area contributed by atoms with Gasteiger partial charge in [-0.05, 0) is 49.4 Å². The number of amides is 1. The van der Waals surface area contributed by atoms with Crippen molar-refractivity contribution in [2.24, 2.45) is 0 Å². The standard InChI is InChI=1S/C23H18ClN3O3S/c1-14-2-6-17(7-3-14)25-21(28)11-22-26-18(13-31-22)12-30-23(29)16-4-8-19-15(10-16)5-9-20(24)27-19/h2-10,13H,11-12H2,1H3,(H,25,28). The van der Waals surface area contributed by atoms with Crippen molar-refractivity contribution in [1.29, 1.82) is 0 Å². The van der Waals surface area contributed by atoms with Crippen LogP contribution in [-0.4, -0.2) is 21.8 Å². The lowest BCUT2D eigenvalue weighted by Crippen LogP contribution is -2.14. The molecule has 2 heterocycles. The molecule has 4 rings (SSSR count). The van der Waals surface area contributed by atoms with Gasteiger partial charge in [-0.3, -0.25) is 4.79 Å². The van der Waals surface area contributed by atoms with Crippen LogP contribution in [0.25, 0.3) is 10.9 Å². The van der Waals surface area contributed by atoms with Gasteiger partial charge in [0.2, 0.25) is 5.91 Å². The van der Waals surface area contributed by atoms with E-state index < -0.39 is 5.97 Å². The van der Waals surface area contributed by atoms with E-state index in [9.17, 15) is 9.59 Å². The fourth-order valence-electron chi connectivity index (χ4n) is 2.93. The van der Waals surface area contributed by atoms with E-state index >= 15 is 0 Å².